The lowest BCUT2D eigenvalue weighted by Crippen LogP contribution is -2.39. The molecule has 4 heteroatoms. The summed E-state index contributed by atoms with van der Waals surface area (Å²) in [5.41, 5.74) is -0.592. The maximum Gasteiger partial charge on any atom is 0.376 e. The lowest BCUT2D eigenvalue weighted by molar-refractivity contribution is -0.163. The fourth-order valence-electron chi connectivity index (χ4n) is 1.38. The Labute approximate surface area is 84.0 Å². The van der Waals surface area contributed by atoms with Crippen molar-refractivity contribution in [2.24, 2.45) is 0 Å². The summed E-state index contributed by atoms with van der Waals surface area (Å²) in [7, 11) is 0. The van der Waals surface area contributed by atoms with Crippen molar-refractivity contribution in [1.29, 1.82) is 0 Å². The molecular weight excluding hydrogens is 182 g/mol. The Balaban J connectivity index is 2.48. The molecule has 0 spiro atoms. The first kappa shape index (κ1) is 11.2. The van der Waals surface area contributed by atoms with Gasteiger partial charge in [-0.3, -0.25) is 4.79 Å². The number of hydrogen-bond donors (Lipinski definition) is 1. The highest BCUT2D eigenvalue weighted by Gasteiger charge is 2.31. The second-order valence-electron chi connectivity index (χ2n) is 4.52. The van der Waals surface area contributed by atoms with Crippen LogP contribution in [-0.4, -0.2) is 29.9 Å². The Morgan fingerprint density at radius 1 is 1.36 bits per heavy atom. The Morgan fingerprint density at radius 2 is 2.00 bits per heavy atom. The topological polar surface area (TPSA) is 55.4 Å². The summed E-state index contributed by atoms with van der Waals surface area (Å²) in [6.07, 6.45) is 1.68. The molecular formula is C10H17NO3. The summed E-state index contributed by atoms with van der Waals surface area (Å²) in [6, 6.07) is -0.329. The van der Waals surface area contributed by atoms with Gasteiger partial charge in [0.1, 0.15) is 5.60 Å². The molecule has 1 heterocycles. The molecule has 1 saturated heterocycles. The number of Topliss-reactive ketones (excluding diaryl/α,β-unsaturated/α-hetero) is 1. The zero-order valence-electron chi connectivity index (χ0n) is 8.92. The quantitative estimate of drug-likeness (QED) is 0.524. The van der Waals surface area contributed by atoms with Gasteiger partial charge >= 0.3 is 5.97 Å². The van der Waals surface area contributed by atoms with E-state index >= 15 is 0 Å². The smallest absolute Gasteiger partial charge is 0.376 e. The van der Waals surface area contributed by atoms with Crippen molar-refractivity contribution in [3.05, 3.63) is 0 Å². The van der Waals surface area contributed by atoms with E-state index in [2.05, 4.69) is 5.32 Å². The lowest BCUT2D eigenvalue weighted by atomic mass is 10.1. The zero-order valence-corrected chi connectivity index (χ0v) is 8.92. The molecule has 1 aliphatic heterocycles. The monoisotopic (exact) mass is 199 g/mol. The number of esters is 1. The van der Waals surface area contributed by atoms with Crippen molar-refractivity contribution in [3.8, 4) is 0 Å². The number of ether oxygens (including phenoxy) is 1. The maximum absolute atomic E-state index is 11.5. The number of ketones is 1. The van der Waals surface area contributed by atoms with Gasteiger partial charge in [-0.05, 0) is 40.2 Å². The first-order valence-corrected chi connectivity index (χ1v) is 4.91. The van der Waals surface area contributed by atoms with Crippen molar-refractivity contribution in [1.82, 2.24) is 5.32 Å². The third-order valence-electron chi connectivity index (χ3n) is 1.98. The fourth-order valence-corrected chi connectivity index (χ4v) is 1.38. The highest BCUT2D eigenvalue weighted by atomic mass is 16.6. The summed E-state index contributed by atoms with van der Waals surface area (Å²) in [6.45, 7) is 6.06. The van der Waals surface area contributed by atoms with Crippen LogP contribution in [0.4, 0.5) is 0 Å². The van der Waals surface area contributed by atoms with E-state index in [0.717, 1.165) is 19.4 Å². The molecule has 1 rings (SSSR count). The number of carbonyl (C=O) groups is 2. The predicted octanol–water partition coefficient (Wildman–Crippen LogP) is 0.649. The van der Waals surface area contributed by atoms with Gasteiger partial charge in [-0.1, -0.05) is 0 Å². The van der Waals surface area contributed by atoms with Gasteiger partial charge in [0.15, 0.2) is 0 Å². The third-order valence-corrected chi connectivity index (χ3v) is 1.98. The average molecular weight is 199 g/mol. The van der Waals surface area contributed by atoms with Gasteiger partial charge in [0.2, 0.25) is 0 Å². The number of carbonyl (C=O) groups excluding carboxylic acids is 2. The number of rotatable bonds is 2. The number of nitrogens with one attached hydrogen (secondary N) is 1. The van der Waals surface area contributed by atoms with Gasteiger partial charge in [-0.25, -0.2) is 4.79 Å². The van der Waals surface area contributed by atoms with Crippen LogP contribution in [0, 0.1) is 0 Å². The summed E-state index contributed by atoms with van der Waals surface area (Å²) >= 11 is 0. The Bertz CT molecular complexity index is 236. The minimum Gasteiger partial charge on any atom is -0.454 e. The normalized spacial score (nSPS) is 22.1. The summed E-state index contributed by atoms with van der Waals surface area (Å²) < 4.78 is 4.98. The molecule has 0 saturated carbocycles. The van der Waals surface area contributed by atoms with Crippen molar-refractivity contribution < 1.29 is 14.3 Å². The Kier molecular flexibility index (Phi) is 3.26. The van der Waals surface area contributed by atoms with Crippen LogP contribution in [0.1, 0.15) is 33.6 Å². The van der Waals surface area contributed by atoms with Crippen LogP contribution < -0.4 is 5.32 Å². The zero-order chi connectivity index (χ0) is 10.8. The standard InChI is InChI=1S/C10H17NO3/c1-10(2,3)14-9(13)8(12)7-5-4-6-11-7/h7,11H,4-6H2,1-3H3/t7-/m1/s1. The van der Waals surface area contributed by atoms with E-state index in [1.165, 1.54) is 0 Å². The van der Waals surface area contributed by atoms with E-state index in [1.807, 2.05) is 0 Å². The van der Waals surface area contributed by atoms with Crippen LogP contribution in [-0.2, 0) is 14.3 Å². The Hall–Kier alpha value is -0.900. The molecule has 1 fully saturated rings. The molecule has 0 amide bonds. The molecule has 14 heavy (non-hydrogen) atoms. The van der Waals surface area contributed by atoms with E-state index in [4.69, 9.17) is 4.74 Å². The van der Waals surface area contributed by atoms with E-state index in [-0.39, 0.29) is 6.04 Å². The first-order chi connectivity index (χ1) is 6.40. The largest absolute Gasteiger partial charge is 0.454 e. The van der Waals surface area contributed by atoms with Gasteiger partial charge in [0, 0.05) is 0 Å². The van der Waals surface area contributed by atoms with Crippen LogP contribution in [0.25, 0.3) is 0 Å². The van der Waals surface area contributed by atoms with Gasteiger partial charge in [0.05, 0.1) is 6.04 Å². The van der Waals surface area contributed by atoms with Crippen LogP contribution in [0.2, 0.25) is 0 Å². The summed E-state index contributed by atoms with van der Waals surface area (Å²) in [5.74, 6) is -1.17. The molecule has 0 aliphatic carbocycles. The second-order valence-corrected chi connectivity index (χ2v) is 4.52. The molecule has 1 aliphatic rings. The molecule has 0 radical (unpaired) electrons. The number of hydrogen-bond acceptors (Lipinski definition) is 4. The fraction of sp³-hybridized carbons (Fsp3) is 0.800. The van der Waals surface area contributed by atoms with Crippen molar-refractivity contribution in [2.45, 2.75) is 45.3 Å². The molecule has 0 aromatic rings. The predicted molar refractivity (Wildman–Crippen MR) is 51.9 cm³/mol. The molecule has 0 unspecified atom stereocenters. The van der Waals surface area contributed by atoms with Gasteiger partial charge in [0.25, 0.3) is 5.78 Å². The molecule has 0 aromatic heterocycles. The van der Waals surface area contributed by atoms with Crippen LogP contribution in [0.3, 0.4) is 0 Å². The van der Waals surface area contributed by atoms with Crippen molar-refractivity contribution >= 4 is 11.8 Å². The van der Waals surface area contributed by atoms with E-state index < -0.39 is 17.4 Å². The van der Waals surface area contributed by atoms with Crippen LogP contribution in [0.5, 0.6) is 0 Å². The molecule has 1 atom stereocenters. The summed E-state index contributed by atoms with van der Waals surface area (Å²) in [4.78, 5) is 22.8. The Morgan fingerprint density at radius 3 is 2.43 bits per heavy atom. The highest BCUT2D eigenvalue weighted by molar-refractivity contribution is 6.35. The van der Waals surface area contributed by atoms with Gasteiger partial charge < -0.3 is 10.1 Å². The highest BCUT2D eigenvalue weighted by Crippen LogP contribution is 2.11. The maximum atomic E-state index is 11.5. The van der Waals surface area contributed by atoms with Crippen molar-refractivity contribution in [2.75, 3.05) is 6.54 Å². The molecule has 1 N–H and O–H groups in total. The molecule has 0 bridgehead atoms. The molecule has 80 valence electrons. The van der Waals surface area contributed by atoms with E-state index in [1.54, 1.807) is 20.8 Å². The minimum atomic E-state index is -0.725. The van der Waals surface area contributed by atoms with Gasteiger partial charge in [-0.2, -0.15) is 0 Å². The van der Waals surface area contributed by atoms with Crippen LogP contribution >= 0.6 is 0 Å². The third kappa shape index (κ3) is 3.10. The molecule has 0 aromatic carbocycles. The van der Waals surface area contributed by atoms with Crippen LogP contribution in [0.15, 0.2) is 0 Å². The van der Waals surface area contributed by atoms with Gasteiger partial charge in [-0.15, -0.1) is 0 Å². The average Bonchev–Trinajstić information content (AvgIpc) is 2.51. The second kappa shape index (κ2) is 4.09. The van der Waals surface area contributed by atoms with E-state index in [9.17, 15) is 9.59 Å². The molecule has 4 nitrogen and oxygen atoms in total. The summed E-state index contributed by atoms with van der Waals surface area (Å²) in [5, 5.41) is 2.97. The minimum absolute atomic E-state index is 0.329. The lowest BCUT2D eigenvalue weighted by Gasteiger charge is -2.19. The SMILES string of the molecule is CC(C)(C)OC(=O)C(=O)[C@H]1CCCN1. The van der Waals surface area contributed by atoms with Crippen molar-refractivity contribution in [3.63, 3.8) is 0 Å². The first-order valence-electron chi connectivity index (χ1n) is 4.91. The van der Waals surface area contributed by atoms with E-state index in [0.29, 0.717) is 0 Å².